The minimum atomic E-state index is 0.457. The molecule has 2 rings (SSSR count). The normalized spacial score (nSPS) is 11.6. The summed E-state index contributed by atoms with van der Waals surface area (Å²) in [5, 5.41) is 6.00. The third-order valence-electron chi connectivity index (χ3n) is 2.55. The lowest BCUT2D eigenvalue weighted by molar-refractivity contribution is 0.226. The highest BCUT2D eigenvalue weighted by Gasteiger charge is 2.14. The van der Waals surface area contributed by atoms with Gasteiger partial charge in [0.05, 0.1) is 11.4 Å². The van der Waals surface area contributed by atoms with E-state index in [0.717, 1.165) is 9.35 Å². The summed E-state index contributed by atoms with van der Waals surface area (Å²) in [5.74, 6) is 1.30. The molecule has 0 radical (unpaired) electrons. The highest BCUT2D eigenvalue weighted by molar-refractivity contribution is 9.10. The molecule has 0 fully saturated rings. The molecule has 0 atom stereocenters. The number of halogens is 1. The van der Waals surface area contributed by atoms with E-state index in [1.165, 1.54) is 0 Å². The van der Waals surface area contributed by atoms with Crippen LogP contribution in [0.4, 0.5) is 0 Å². The van der Waals surface area contributed by atoms with Crippen LogP contribution in [0.15, 0.2) is 20.4 Å². The van der Waals surface area contributed by atoms with Crippen molar-refractivity contribution in [2.45, 2.75) is 26.4 Å². The van der Waals surface area contributed by atoms with Gasteiger partial charge in [-0.1, -0.05) is 5.16 Å². The van der Waals surface area contributed by atoms with E-state index >= 15 is 0 Å². The summed E-state index contributed by atoms with van der Waals surface area (Å²) in [6.07, 6.45) is 0. The van der Waals surface area contributed by atoms with Gasteiger partial charge in [-0.2, -0.15) is 4.98 Å². The molecule has 0 aliphatic rings. The predicted molar refractivity (Wildman–Crippen MR) is 71.9 cm³/mol. The first-order chi connectivity index (χ1) is 8.08. The number of thiophene rings is 1. The van der Waals surface area contributed by atoms with Gasteiger partial charge in [-0.05, 0) is 48.3 Å². The molecule has 0 spiro atoms. The summed E-state index contributed by atoms with van der Waals surface area (Å²) in [6, 6.07) is 2.44. The summed E-state index contributed by atoms with van der Waals surface area (Å²) < 4.78 is 6.25. The van der Waals surface area contributed by atoms with Crippen molar-refractivity contribution in [2.75, 3.05) is 7.05 Å². The van der Waals surface area contributed by atoms with Gasteiger partial charge in [0.25, 0.3) is 0 Å². The van der Waals surface area contributed by atoms with Crippen molar-refractivity contribution in [3.8, 4) is 10.7 Å². The Labute approximate surface area is 113 Å². The van der Waals surface area contributed by atoms with Crippen LogP contribution in [0.3, 0.4) is 0 Å². The van der Waals surface area contributed by atoms with Gasteiger partial charge in [-0.15, -0.1) is 11.3 Å². The smallest absolute Gasteiger partial charge is 0.241 e. The molecule has 2 aromatic rings. The molecule has 0 bridgehead atoms. The number of nitrogens with zero attached hydrogens (tertiary/aromatic N) is 3. The van der Waals surface area contributed by atoms with Crippen LogP contribution in [0.2, 0.25) is 0 Å². The summed E-state index contributed by atoms with van der Waals surface area (Å²) in [6.45, 7) is 4.94. The van der Waals surface area contributed by atoms with Crippen LogP contribution in [-0.2, 0) is 6.54 Å². The highest BCUT2D eigenvalue weighted by Crippen LogP contribution is 2.31. The molecule has 6 heteroatoms. The molecule has 0 saturated heterocycles. The van der Waals surface area contributed by atoms with E-state index in [2.05, 4.69) is 44.8 Å². The lowest BCUT2D eigenvalue weighted by atomic mass is 10.3. The molecule has 0 aliphatic carbocycles. The molecule has 0 aliphatic heterocycles. The molecule has 2 heterocycles. The van der Waals surface area contributed by atoms with E-state index in [1.807, 2.05) is 18.5 Å². The molecule has 0 N–H and O–H groups in total. The van der Waals surface area contributed by atoms with Crippen LogP contribution in [0.5, 0.6) is 0 Å². The fourth-order valence-electron chi connectivity index (χ4n) is 1.26. The summed E-state index contributed by atoms with van der Waals surface area (Å²) in [5.41, 5.74) is 0. The Morgan fingerprint density at radius 1 is 1.53 bits per heavy atom. The molecule has 2 aromatic heterocycles. The second-order valence-electron chi connectivity index (χ2n) is 4.12. The summed E-state index contributed by atoms with van der Waals surface area (Å²) in [7, 11) is 2.04. The van der Waals surface area contributed by atoms with Gasteiger partial charge in [0.2, 0.25) is 11.7 Å². The van der Waals surface area contributed by atoms with Gasteiger partial charge in [0.15, 0.2) is 0 Å². The zero-order chi connectivity index (χ0) is 12.4. The predicted octanol–water partition coefficient (Wildman–Crippen LogP) is 3.40. The Morgan fingerprint density at radius 2 is 2.29 bits per heavy atom. The lowest BCUT2D eigenvalue weighted by Gasteiger charge is -2.17. The van der Waals surface area contributed by atoms with E-state index in [9.17, 15) is 0 Å². The van der Waals surface area contributed by atoms with Crippen LogP contribution in [0, 0.1) is 0 Å². The van der Waals surface area contributed by atoms with E-state index in [1.54, 1.807) is 11.3 Å². The van der Waals surface area contributed by atoms with E-state index in [0.29, 0.717) is 24.3 Å². The van der Waals surface area contributed by atoms with Crippen molar-refractivity contribution in [3.63, 3.8) is 0 Å². The fraction of sp³-hybridized carbons (Fsp3) is 0.455. The standard InChI is InChI=1S/C11H14BrN3OS/c1-7(2)15(3)6-9-13-11(14-16-9)10-8(12)4-5-17-10/h4-5,7H,6H2,1-3H3. The third-order valence-corrected chi connectivity index (χ3v) is 4.39. The SMILES string of the molecule is CC(C)N(C)Cc1nc(-c2sccc2Br)no1. The highest BCUT2D eigenvalue weighted by atomic mass is 79.9. The Morgan fingerprint density at radius 3 is 2.88 bits per heavy atom. The molecule has 0 aromatic carbocycles. The Bertz CT molecular complexity index is 494. The van der Waals surface area contributed by atoms with Gasteiger partial charge in [0.1, 0.15) is 0 Å². The minimum absolute atomic E-state index is 0.457. The zero-order valence-corrected chi connectivity index (χ0v) is 12.4. The van der Waals surface area contributed by atoms with Gasteiger partial charge in [0, 0.05) is 10.5 Å². The van der Waals surface area contributed by atoms with Crippen LogP contribution in [-0.4, -0.2) is 28.1 Å². The summed E-state index contributed by atoms with van der Waals surface area (Å²) in [4.78, 5) is 7.56. The number of rotatable bonds is 4. The Hall–Kier alpha value is -0.720. The van der Waals surface area contributed by atoms with Crippen molar-refractivity contribution >= 4 is 27.3 Å². The maximum Gasteiger partial charge on any atom is 0.241 e. The van der Waals surface area contributed by atoms with Crippen LogP contribution in [0.1, 0.15) is 19.7 Å². The first kappa shape index (κ1) is 12.7. The molecule has 0 saturated carbocycles. The average molecular weight is 316 g/mol. The quantitative estimate of drug-likeness (QED) is 0.867. The van der Waals surface area contributed by atoms with Crippen LogP contribution >= 0.6 is 27.3 Å². The number of hydrogen-bond acceptors (Lipinski definition) is 5. The van der Waals surface area contributed by atoms with Crippen LogP contribution in [0.25, 0.3) is 10.7 Å². The molecule has 4 nitrogen and oxygen atoms in total. The first-order valence-electron chi connectivity index (χ1n) is 5.34. The van der Waals surface area contributed by atoms with Gasteiger partial charge in [-0.3, -0.25) is 4.90 Å². The maximum atomic E-state index is 5.25. The number of aromatic nitrogens is 2. The fourth-order valence-corrected chi connectivity index (χ4v) is 2.73. The molecular formula is C11H14BrN3OS. The van der Waals surface area contributed by atoms with E-state index < -0.39 is 0 Å². The lowest BCUT2D eigenvalue weighted by Crippen LogP contribution is -2.25. The van der Waals surface area contributed by atoms with E-state index in [-0.39, 0.29) is 0 Å². The van der Waals surface area contributed by atoms with Crippen molar-refractivity contribution in [1.29, 1.82) is 0 Å². The Kier molecular flexibility index (Phi) is 3.96. The second-order valence-corrected chi connectivity index (χ2v) is 5.89. The largest absolute Gasteiger partial charge is 0.338 e. The van der Waals surface area contributed by atoms with Gasteiger partial charge >= 0.3 is 0 Å². The number of hydrogen-bond donors (Lipinski definition) is 0. The average Bonchev–Trinajstić information content (AvgIpc) is 2.86. The minimum Gasteiger partial charge on any atom is -0.338 e. The van der Waals surface area contributed by atoms with E-state index in [4.69, 9.17) is 4.52 Å². The van der Waals surface area contributed by atoms with Crippen LogP contribution < -0.4 is 0 Å². The molecule has 0 unspecified atom stereocenters. The molecular weight excluding hydrogens is 302 g/mol. The van der Waals surface area contributed by atoms with Gasteiger partial charge in [-0.25, -0.2) is 0 Å². The molecule has 17 heavy (non-hydrogen) atoms. The first-order valence-corrected chi connectivity index (χ1v) is 7.01. The van der Waals surface area contributed by atoms with Gasteiger partial charge < -0.3 is 4.52 Å². The van der Waals surface area contributed by atoms with Crippen molar-refractivity contribution < 1.29 is 4.52 Å². The molecule has 0 amide bonds. The second kappa shape index (κ2) is 5.29. The molecule has 92 valence electrons. The van der Waals surface area contributed by atoms with Crippen molar-refractivity contribution in [3.05, 3.63) is 21.8 Å². The van der Waals surface area contributed by atoms with Crippen molar-refractivity contribution in [1.82, 2.24) is 15.0 Å². The monoisotopic (exact) mass is 315 g/mol. The topological polar surface area (TPSA) is 42.2 Å². The summed E-state index contributed by atoms with van der Waals surface area (Å²) >= 11 is 5.06. The zero-order valence-electron chi connectivity index (χ0n) is 9.98. The third kappa shape index (κ3) is 2.94. The van der Waals surface area contributed by atoms with Crippen molar-refractivity contribution in [2.24, 2.45) is 0 Å². The maximum absolute atomic E-state index is 5.25. The Balaban J connectivity index is 2.14.